The second kappa shape index (κ2) is 9.78. The van der Waals surface area contributed by atoms with Gasteiger partial charge in [-0.3, -0.25) is 4.79 Å². The molecule has 4 rings (SSSR count). The van der Waals surface area contributed by atoms with Crippen molar-refractivity contribution in [2.75, 3.05) is 41.8 Å². The van der Waals surface area contributed by atoms with Crippen molar-refractivity contribution in [2.45, 2.75) is 31.8 Å². The summed E-state index contributed by atoms with van der Waals surface area (Å²) in [4.78, 5) is 27.5. The van der Waals surface area contributed by atoms with Crippen molar-refractivity contribution >= 4 is 29.0 Å². The number of carbonyl (C=O) groups excluding carboxylic acids is 2. The van der Waals surface area contributed by atoms with Crippen LogP contribution in [0.3, 0.4) is 0 Å². The van der Waals surface area contributed by atoms with E-state index in [9.17, 15) is 14.0 Å². The van der Waals surface area contributed by atoms with E-state index in [1.807, 2.05) is 6.07 Å². The molecule has 2 aliphatic rings. The van der Waals surface area contributed by atoms with Crippen molar-refractivity contribution in [1.29, 1.82) is 0 Å². The summed E-state index contributed by atoms with van der Waals surface area (Å²) in [6.07, 6.45) is 4.17. The molecule has 2 fully saturated rings. The maximum Gasteiger partial charge on any atom is 0.323 e. The van der Waals surface area contributed by atoms with Gasteiger partial charge in [0.1, 0.15) is 5.82 Å². The number of amides is 3. The van der Waals surface area contributed by atoms with Crippen molar-refractivity contribution in [3.8, 4) is 0 Å². The standard InChI is InChI=1S/C23H27FN4O3/c24-19-7-1-2-8-20(19)27-23(30)26-16-9-10-21(28-11-3-4-12-28)18(14-16)22(29)25-15-17-6-5-13-31-17/h1-2,7-10,14,17H,3-6,11-13,15H2,(H,25,29)(H2,26,27,30)/t17-/m1/s1. The van der Waals surface area contributed by atoms with Crippen molar-refractivity contribution in [3.63, 3.8) is 0 Å². The highest BCUT2D eigenvalue weighted by Gasteiger charge is 2.22. The van der Waals surface area contributed by atoms with Gasteiger partial charge >= 0.3 is 6.03 Å². The smallest absolute Gasteiger partial charge is 0.323 e. The molecule has 0 bridgehead atoms. The number of carbonyl (C=O) groups is 2. The summed E-state index contributed by atoms with van der Waals surface area (Å²) in [5.41, 5.74) is 1.90. The number of nitrogens with one attached hydrogen (secondary N) is 3. The Labute approximate surface area is 181 Å². The van der Waals surface area contributed by atoms with E-state index in [0.29, 0.717) is 17.8 Å². The Morgan fingerprint density at radius 1 is 1.06 bits per heavy atom. The molecule has 2 aromatic rings. The third-order valence-corrected chi connectivity index (χ3v) is 5.58. The van der Waals surface area contributed by atoms with E-state index < -0.39 is 11.8 Å². The Morgan fingerprint density at radius 2 is 1.87 bits per heavy atom. The van der Waals surface area contributed by atoms with Crippen LogP contribution in [0.2, 0.25) is 0 Å². The molecule has 164 valence electrons. The van der Waals surface area contributed by atoms with Gasteiger partial charge in [0.2, 0.25) is 0 Å². The number of anilines is 3. The first-order valence-corrected chi connectivity index (χ1v) is 10.7. The normalized spacial score (nSPS) is 18.1. The van der Waals surface area contributed by atoms with E-state index >= 15 is 0 Å². The Hall–Kier alpha value is -3.13. The SMILES string of the molecule is O=C(Nc1ccc(N2CCCC2)c(C(=O)NC[C@H]2CCCO2)c1)Nc1ccccc1F. The molecule has 0 radical (unpaired) electrons. The molecule has 3 N–H and O–H groups in total. The number of urea groups is 1. The summed E-state index contributed by atoms with van der Waals surface area (Å²) >= 11 is 0. The molecule has 0 unspecified atom stereocenters. The maximum absolute atomic E-state index is 13.8. The Kier molecular flexibility index (Phi) is 6.66. The lowest BCUT2D eigenvalue weighted by Crippen LogP contribution is -2.33. The van der Waals surface area contributed by atoms with Gasteiger partial charge < -0.3 is 25.6 Å². The van der Waals surface area contributed by atoms with Gasteiger partial charge in [0, 0.05) is 37.6 Å². The second-order valence-electron chi connectivity index (χ2n) is 7.83. The Bertz CT molecular complexity index is 940. The highest BCUT2D eigenvalue weighted by molar-refractivity contribution is 6.04. The van der Waals surface area contributed by atoms with Crippen LogP contribution in [0, 0.1) is 5.82 Å². The number of para-hydroxylation sites is 1. The molecule has 2 saturated heterocycles. The lowest BCUT2D eigenvalue weighted by atomic mass is 10.1. The molecule has 2 heterocycles. The van der Waals surface area contributed by atoms with Gasteiger partial charge in [0.05, 0.1) is 17.4 Å². The third kappa shape index (κ3) is 5.32. The average Bonchev–Trinajstić information content (AvgIpc) is 3.48. The topological polar surface area (TPSA) is 82.7 Å². The van der Waals surface area contributed by atoms with E-state index in [4.69, 9.17) is 4.74 Å². The second-order valence-corrected chi connectivity index (χ2v) is 7.83. The molecule has 0 saturated carbocycles. The highest BCUT2D eigenvalue weighted by atomic mass is 19.1. The first-order valence-electron chi connectivity index (χ1n) is 10.7. The van der Waals surface area contributed by atoms with Crippen LogP contribution in [0.1, 0.15) is 36.0 Å². The van der Waals surface area contributed by atoms with Gasteiger partial charge in [-0.15, -0.1) is 0 Å². The molecular weight excluding hydrogens is 399 g/mol. The van der Waals surface area contributed by atoms with E-state index in [1.165, 1.54) is 12.1 Å². The number of hydrogen-bond donors (Lipinski definition) is 3. The van der Waals surface area contributed by atoms with Gasteiger partial charge in [-0.1, -0.05) is 12.1 Å². The van der Waals surface area contributed by atoms with Gasteiger partial charge in [0.15, 0.2) is 0 Å². The van der Waals surface area contributed by atoms with Crippen LogP contribution >= 0.6 is 0 Å². The molecule has 2 aromatic carbocycles. The van der Waals surface area contributed by atoms with E-state index in [2.05, 4.69) is 20.9 Å². The minimum absolute atomic E-state index is 0.0482. The maximum atomic E-state index is 13.8. The molecule has 0 aromatic heterocycles. The Balaban J connectivity index is 1.48. The fraction of sp³-hybridized carbons (Fsp3) is 0.391. The minimum atomic E-state index is -0.579. The van der Waals surface area contributed by atoms with Gasteiger partial charge in [0.25, 0.3) is 5.91 Å². The Morgan fingerprint density at radius 3 is 2.61 bits per heavy atom. The number of rotatable bonds is 6. The number of nitrogens with zero attached hydrogens (tertiary/aromatic N) is 1. The zero-order valence-corrected chi connectivity index (χ0v) is 17.3. The van der Waals surface area contributed by atoms with Crippen molar-refractivity contribution < 1.29 is 18.7 Å². The zero-order valence-electron chi connectivity index (χ0n) is 17.3. The summed E-state index contributed by atoms with van der Waals surface area (Å²) in [6.45, 7) is 2.99. The van der Waals surface area contributed by atoms with Crippen molar-refractivity contribution in [1.82, 2.24) is 5.32 Å². The van der Waals surface area contributed by atoms with E-state index in [0.717, 1.165) is 51.1 Å². The van der Waals surface area contributed by atoms with Crippen molar-refractivity contribution in [2.24, 2.45) is 0 Å². The molecule has 0 spiro atoms. The summed E-state index contributed by atoms with van der Waals surface area (Å²) in [6, 6.07) is 10.6. The van der Waals surface area contributed by atoms with E-state index in [-0.39, 0.29) is 17.7 Å². The molecule has 2 aliphatic heterocycles. The van der Waals surface area contributed by atoms with Crippen LogP contribution in [0.4, 0.5) is 26.2 Å². The van der Waals surface area contributed by atoms with Crippen LogP contribution in [-0.2, 0) is 4.74 Å². The average molecular weight is 426 g/mol. The molecule has 7 nitrogen and oxygen atoms in total. The number of hydrogen-bond acceptors (Lipinski definition) is 4. The number of halogens is 1. The zero-order chi connectivity index (χ0) is 21.6. The van der Waals surface area contributed by atoms with E-state index in [1.54, 1.807) is 24.3 Å². The molecule has 31 heavy (non-hydrogen) atoms. The predicted molar refractivity (Wildman–Crippen MR) is 118 cm³/mol. The van der Waals surface area contributed by atoms with Crippen LogP contribution in [0.25, 0.3) is 0 Å². The van der Waals surface area contributed by atoms with Crippen LogP contribution in [0.5, 0.6) is 0 Å². The van der Waals surface area contributed by atoms with Gasteiger partial charge in [-0.25, -0.2) is 9.18 Å². The van der Waals surface area contributed by atoms with Crippen molar-refractivity contribution in [3.05, 3.63) is 53.8 Å². The quantitative estimate of drug-likeness (QED) is 0.653. The van der Waals surface area contributed by atoms with Gasteiger partial charge in [-0.2, -0.15) is 0 Å². The molecule has 8 heteroatoms. The fourth-order valence-corrected chi connectivity index (χ4v) is 3.98. The summed E-state index contributed by atoms with van der Waals surface area (Å²) in [5.74, 6) is -0.716. The van der Waals surface area contributed by atoms with Crippen LogP contribution < -0.4 is 20.9 Å². The summed E-state index contributed by atoms with van der Waals surface area (Å²) in [5, 5.41) is 8.14. The first-order chi connectivity index (χ1) is 15.1. The lowest BCUT2D eigenvalue weighted by Gasteiger charge is -2.22. The highest BCUT2D eigenvalue weighted by Crippen LogP contribution is 2.28. The summed E-state index contributed by atoms with van der Waals surface area (Å²) < 4.78 is 19.4. The lowest BCUT2D eigenvalue weighted by molar-refractivity contribution is 0.0858. The third-order valence-electron chi connectivity index (χ3n) is 5.58. The molecule has 1 atom stereocenters. The fourth-order valence-electron chi connectivity index (χ4n) is 3.98. The summed E-state index contributed by atoms with van der Waals surface area (Å²) in [7, 11) is 0. The molecular formula is C23H27FN4O3. The van der Waals surface area contributed by atoms with Crippen LogP contribution in [-0.4, -0.2) is 44.3 Å². The molecule has 0 aliphatic carbocycles. The first kappa shape index (κ1) is 21.1. The monoisotopic (exact) mass is 426 g/mol. The van der Waals surface area contributed by atoms with Crippen LogP contribution in [0.15, 0.2) is 42.5 Å². The molecule has 3 amide bonds. The largest absolute Gasteiger partial charge is 0.376 e. The number of benzene rings is 2. The number of ether oxygens (including phenoxy) is 1. The van der Waals surface area contributed by atoms with Gasteiger partial charge in [-0.05, 0) is 56.0 Å². The minimum Gasteiger partial charge on any atom is -0.376 e. The predicted octanol–water partition coefficient (Wildman–Crippen LogP) is 3.98.